The number of hydrogen-bond donors (Lipinski definition) is 2. The van der Waals surface area contributed by atoms with E-state index in [1.54, 1.807) is 11.8 Å². The molecule has 0 bridgehead atoms. The first-order valence-corrected chi connectivity index (χ1v) is 7.33. The predicted molar refractivity (Wildman–Crippen MR) is 78.0 cm³/mol. The molecule has 100 valence electrons. The lowest BCUT2D eigenvalue weighted by molar-refractivity contribution is -0.115. The van der Waals surface area contributed by atoms with Crippen molar-refractivity contribution in [3.05, 3.63) is 29.8 Å². The Kier molecular flexibility index (Phi) is 6.83. The van der Waals surface area contributed by atoms with E-state index in [1.807, 2.05) is 38.1 Å². The van der Waals surface area contributed by atoms with Crippen LogP contribution in [0, 0.1) is 12.8 Å². The maximum atomic E-state index is 11.7. The standard InChI is InChI=1S/C14H21NO2S/c1-11(9-16)10-18-8-7-14(17)15-13-6-4-3-5-12(13)2/h3-6,11,16H,7-10H2,1-2H3,(H,15,17). The van der Waals surface area contributed by atoms with E-state index < -0.39 is 0 Å². The number of thioether (sulfide) groups is 1. The van der Waals surface area contributed by atoms with Crippen LogP contribution in [0.3, 0.4) is 0 Å². The third-order valence-electron chi connectivity index (χ3n) is 2.61. The summed E-state index contributed by atoms with van der Waals surface area (Å²) in [4.78, 5) is 11.7. The van der Waals surface area contributed by atoms with Gasteiger partial charge in [0.2, 0.25) is 5.91 Å². The second kappa shape index (κ2) is 8.16. The number of carbonyl (C=O) groups is 1. The molecule has 18 heavy (non-hydrogen) atoms. The van der Waals surface area contributed by atoms with Gasteiger partial charge in [-0.3, -0.25) is 4.79 Å². The molecule has 0 fully saturated rings. The van der Waals surface area contributed by atoms with E-state index >= 15 is 0 Å². The Morgan fingerprint density at radius 2 is 2.17 bits per heavy atom. The van der Waals surface area contributed by atoms with Crippen LogP contribution in [0.1, 0.15) is 18.9 Å². The van der Waals surface area contributed by atoms with Crippen molar-refractivity contribution in [3.63, 3.8) is 0 Å². The largest absolute Gasteiger partial charge is 0.396 e. The predicted octanol–water partition coefficient (Wildman–Crippen LogP) is 2.69. The van der Waals surface area contributed by atoms with Crippen LogP contribution in [0.2, 0.25) is 0 Å². The summed E-state index contributed by atoms with van der Waals surface area (Å²) in [7, 11) is 0. The summed E-state index contributed by atoms with van der Waals surface area (Å²) in [5.41, 5.74) is 1.96. The number of nitrogens with one attached hydrogen (secondary N) is 1. The average molecular weight is 267 g/mol. The Hall–Kier alpha value is -1.000. The van der Waals surface area contributed by atoms with Crippen molar-refractivity contribution in [2.24, 2.45) is 5.92 Å². The highest BCUT2D eigenvalue weighted by Crippen LogP contribution is 2.14. The number of para-hydroxylation sites is 1. The van der Waals surface area contributed by atoms with Gasteiger partial charge in [-0.25, -0.2) is 0 Å². The van der Waals surface area contributed by atoms with Crippen molar-refractivity contribution < 1.29 is 9.90 Å². The molecule has 1 amide bonds. The van der Waals surface area contributed by atoms with E-state index in [0.717, 1.165) is 22.8 Å². The molecule has 4 heteroatoms. The number of carbonyl (C=O) groups excluding carboxylic acids is 1. The minimum atomic E-state index is 0.0495. The molecule has 2 N–H and O–H groups in total. The second-order valence-electron chi connectivity index (χ2n) is 4.48. The summed E-state index contributed by atoms with van der Waals surface area (Å²) >= 11 is 1.71. The van der Waals surface area contributed by atoms with Crippen LogP contribution >= 0.6 is 11.8 Å². The van der Waals surface area contributed by atoms with Crippen molar-refractivity contribution in [2.45, 2.75) is 20.3 Å². The maximum Gasteiger partial charge on any atom is 0.225 e. The van der Waals surface area contributed by atoms with Crippen LogP contribution in [0.5, 0.6) is 0 Å². The third-order valence-corrected chi connectivity index (χ3v) is 3.90. The minimum Gasteiger partial charge on any atom is -0.396 e. The quantitative estimate of drug-likeness (QED) is 0.747. The molecular weight excluding hydrogens is 246 g/mol. The highest BCUT2D eigenvalue weighted by molar-refractivity contribution is 7.99. The Labute approximate surface area is 113 Å². The van der Waals surface area contributed by atoms with Crippen LogP contribution in [-0.2, 0) is 4.79 Å². The number of aliphatic hydroxyl groups excluding tert-OH is 1. The first-order valence-electron chi connectivity index (χ1n) is 6.17. The number of rotatable bonds is 7. The smallest absolute Gasteiger partial charge is 0.225 e. The molecule has 1 atom stereocenters. The summed E-state index contributed by atoms with van der Waals surface area (Å²) < 4.78 is 0. The van der Waals surface area contributed by atoms with Crippen LogP contribution < -0.4 is 5.32 Å². The molecule has 1 aromatic rings. The molecule has 1 unspecified atom stereocenters. The monoisotopic (exact) mass is 267 g/mol. The van der Waals surface area contributed by atoms with Gasteiger partial charge in [0.1, 0.15) is 0 Å². The van der Waals surface area contributed by atoms with E-state index in [-0.39, 0.29) is 12.5 Å². The summed E-state index contributed by atoms with van der Waals surface area (Å²) in [6, 6.07) is 7.76. The van der Waals surface area contributed by atoms with Crippen LogP contribution in [0.4, 0.5) is 5.69 Å². The molecule has 0 spiro atoms. The lowest BCUT2D eigenvalue weighted by atomic mass is 10.2. The zero-order valence-electron chi connectivity index (χ0n) is 11.0. The Morgan fingerprint density at radius 3 is 2.83 bits per heavy atom. The highest BCUT2D eigenvalue weighted by atomic mass is 32.2. The van der Waals surface area contributed by atoms with Gasteiger partial charge < -0.3 is 10.4 Å². The zero-order valence-corrected chi connectivity index (χ0v) is 11.8. The van der Waals surface area contributed by atoms with Gasteiger partial charge in [0, 0.05) is 24.5 Å². The number of hydrogen-bond acceptors (Lipinski definition) is 3. The van der Waals surface area contributed by atoms with E-state index in [9.17, 15) is 4.79 Å². The fourth-order valence-corrected chi connectivity index (χ4v) is 2.43. The number of benzene rings is 1. The first kappa shape index (κ1) is 15.1. The van der Waals surface area contributed by atoms with Crippen molar-refractivity contribution in [1.29, 1.82) is 0 Å². The van der Waals surface area contributed by atoms with Crippen LogP contribution in [-0.4, -0.2) is 29.1 Å². The van der Waals surface area contributed by atoms with Gasteiger partial charge in [0.15, 0.2) is 0 Å². The molecule has 1 rings (SSSR count). The van der Waals surface area contributed by atoms with Gasteiger partial charge in [0.05, 0.1) is 0 Å². The Morgan fingerprint density at radius 1 is 1.44 bits per heavy atom. The summed E-state index contributed by atoms with van der Waals surface area (Å²) in [5.74, 6) is 2.04. The van der Waals surface area contributed by atoms with E-state index in [1.165, 1.54) is 0 Å². The highest BCUT2D eigenvalue weighted by Gasteiger charge is 2.05. The second-order valence-corrected chi connectivity index (χ2v) is 5.63. The molecule has 0 radical (unpaired) electrons. The van der Waals surface area contributed by atoms with Gasteiger partial charge in [-0.05, 0) is 30.2 Å². The van der Waals surface area contributed by atoms with Gasteiger partial charge in [0.25, 0.3) is 0 Å². The molecule has 0 aliphatic rings. The molecule has 0 aromatic heterocycles. The van der Waals surface area contributed by atoms with E-state index in [0.29, 0.717) is 12.3 Å². The minimum absolute atomic E-state index is 0.0495. The van der Waals surface area contributed by atoms with E-state index in [2.05, 4.69) is 5.32 Å². The lowest BCUT2D eigenvalue weighted by Gasteiger charge is -2.09. The fraction of sp³-hybridized carbons (Fsp3) is 0.500. The van der Waals surface area contributed by atoms with Crippen molar-refractivity contribution >= 4 is 23.4 Å². The summed E-state index contributed by atoms with van der Waals surface area (Å²) in [6.07, 6.45) is 0.511. The third kappa shape index (κ3) is 5.56. The number of amides is 1. The molecule has 1 aromatic carbocycles. The SMILES string of the molecule is Cc1ccccc1NC(=O)CCSCC(C)CO. The van der Waals surface area contributed by atoms with Crippen molar-refractivity contribution in [3.8, 4) is 0 Å². The van der Waals surface area contributed by atoms with Gasteiger partial charge in [-0.2, -0.15) is 11.8 Å². The van der Waals surface area contributed by atoms with Gasteiger partial charge in [-0.1, -0.05) is 25.1 Å². The fourth-order valence-electron chi connectivity index (χ4n) is 1.43. The summed E-state index contributed by atoms with van der Waals surface area (Å²) in [5, 5.41) is 11.8. The molecule has 0 aliphatic carbocycles. The molecule has 0 saturated heterocycles. The lowest BCUT2D eigenvalue weighted by Crippen LogP contribution is -2.13. The maximum absolute atomic E-state index is 11.7. The normalized spacial score (nSPS) is 12.2. The Balaban J connectivity index is 2.24. The molecule has 0 aliphatic heterocycles. The van der Waals surface area contributed by atoms with Crippen LogP contribution in [0.15, 0.2) is 24.3 Å². The van der Waals surface area contributed by atoms with Crippen molar-refractivity contribution in [1.82, 2.24) is 0 Å². The molecular formula is C14H21NO2S. The van der Waals surface area contributed by atoms with Gasteiger partial charge in [-0.15, -0.1) is 0 Å². The summed E-state index contributed by atoms with van der Waals surface area (Å²) in [6.45, 7) is 4.19. The van der Waals surface area contributed by atoms with Crippen LogP contribution in [0.25, 0.3) is 0 Å². The zero-order chi connectivity index (χ0) is 13.4. The van der Waals surface area contributed by atoms with E-state index in [4.69, 9.17) is 5.11 Å². The molecule has 0 saturated carbocycles. The molecule has 3 nitrogen and oxygen atoms in total. The number of aryl methyl sites for hydroxylation is 1. The van der Waals surface area contributed by atoms with Crippen molar-refractivity contribution in [2.75, 3.05) is 23.4 Å². The number of aliphatic hydroxyl groups is 1. The molecule has 0 heterocycles. The average Bonchev–Trinajstić information content (AvgIpc) is 2.37. The topological polar surface area (TPSA) is 49.3 Å². The first-order chi connectivity index (χ1) is 8.63. The Bertz CT molecular complexity index is 382. The number of anilines is 1. The van der Waals surface area contributed by atoms with Gasteiger partial charge >= 0.3 is 0 Å².